The highest BCUT2D eigenvalue weighted by Crippen LogP contribution is 2.03. The van der Waals surface area contributed by atoms with Crippen LogP contribution >= 0.6 is 0 Å². The van der Waals surface area contributed by atoms with E-state index in [-0.39, 0.29) is 12.6 Å². The Morgan fingerprint density at radius 3 is 2.50 bits per heavy atom. The van der Waals surface area contributed by atoms with E-state index in [9.17, 15) is 0 Å². The minimum Gasteiger partial charge on any atom is -0.394 e. The van der Waals surface area contributed by atoms with Gasteiger partial charge < -0.3 is 10.4 Å². The summed E-state index contributed by atoms with van der Waals surface area (Å²) in [5, 5.41) is 11.8. The quantitative estimate of drug-likeness (QED) is 0.604. The van der Waals surface area contributed by atoms with Gasteiger partial charge in [0.25, 0.3) is 0 Å². The van der Waals surface area contributed by atoms with Crippen molar-refractivity contribution in [1.82, 2.24) is 5.32 Å². The molecule has 0 unspecified atom stereocenters. The van der Waals surface area contributed by atoms with Crippen LogP contribution in [0.1, 0.15) is 20.3 Å². The number of aliphatic hydroxyl groups is 1. The van der Waals surface area contributed by atoms with Crippen molar-refractivity contribution in [3.05, 3.63) is 12.8 Å². The Balaban J connectivity index is 3.48. The summed E-state index contributed by atoms with van der Waals surface area (Å²) in [5.41, 5.74) is 0. The van der Waals surface area contributed by atoms with Crippen molar-refractivity contribution in [3.63, 3.8) is 0 Å². The van der Waals surface area contributed by atoms with Crippen LogP contribution in [0.15, 0.2) is 12.8 Å². The van der Waals surface area contributed by atoms with E-state index in [0.29, 0.717) is 5.92 Å². The molecule has 0 saturated heterocycles. The van der Waals surface area contributed by atoms with Gasteiger partial charge in [0.1, 0.15) is 0 Å². The Kier molecular flexibility index (Phi) is 5.03. The van der Waals surface area contributed by atoms with Crippen molar-refractivity contribution in [1.29, 1.82) is 0 Å². The molecule has 2 heteroatoms. The third-order valence-electron chi connectivity index (χ3n) is 1.33. The molecule has 1 atom stereocenters. The van der Waals surface area contributed by atoms with Gasteiger partial charge in [-0.3, -0.25) is 0 Å². The lowest BCUT2D eigenvalue weighted by Gasteiger charge is -2.15. The summed E-state index contributed by atoms with van der Waals surface area (Å²) in [6, 6.07) is 0.178. The molecule has 0 bridgehead atoms. The molecular weight excluding hydrogens is 126 g/mol. The Morgan fingerprint density at radius 2 is 2.20 bits per heavy atom. The first kappa shape index (κ1) is 9.50. The standard InChI is InChI=1S/C8H17NO/c1-4-9-8(6-10)5-7(2)3/h4,7-10H,1,5-6H2,2-3H3/t8-/m1/s1. The smallest absolute Gasteiger partial charge is 0.0632 e. The molecular formula is C8H17NO. The second-order valence-corrected chi connectivity index (χ2v) is 2.88. The summed E-state index contributed by atoms with van der Waals surface area (Å²) in [4.78, 5) is 0. The summed E-state index contributed by atoms with van der Waals surface area (Å²) in [6.07, 6.45) is 2.62. The predicted octanol–water partition coefficient (Wildman–Crippen LogP) is 1.13. The van der Waals surface area contributed by atoms with E-state index >= 15 is 0 Å². The van der Waals surface area contributed by atoms with Gasteiger partial charge in [0, 0.05) is 6.04 Å². The zero-order valence-electron chi connectivity index (χ0n) is 6.80. The summed E-state index contributed by atoms with van der Waals surface area (Å²) >= 11 is 0. The van der Waals surface area contributed by atoms with Crippen molar-refractivity contribution >= 4 is 0 Å². The summed E-state index contributed by atoms with van der Waals surface area (Å²) in [6.45, 7) is 7.98. The van der Waals surface area contributed by atoms with Gasteiger partial charge in [-0.2, -0.15) is 0 Å². The lowest BCUT2D eigenvalue weighted by Crippen LogP contribution is -2.29. The molecule has 0 aromatic rings. The Labute approximate surface area is 62.9 Å². The molecule has 0 radical (unpaired) electrons. The van der Waals surface area contributed by atoms with Crippen LogP contribution in [-0.2, 0) is 0 Å². The lowest BCUT2D eigenvalue weighted by molar-refractivity contribution is 0.235. The van der Waals surface area contributed by atoms with Crippen LogP contribution < -0.4 is 5.32 Å². The van der Waals surface area contributed by atoms with Gasteiger partial charge in [-0.1, -0.05) is 20.4 Å². The fourth-order valence-corrected chi connectivity index (χ4v) is 0.931. The minimum atomic E-state index is 0.178. The molecule has 0 amide bonds. The third kappa shape index (κ3) is 4.39. The van der Waals surface area contributed by atoms with Crippen LogP contribution in [-0.4, -0.2) is 17.8 Å². The molecule has 0 heterocycles. The van der Waals surface area contributed by atoms with Gasteiger partial charge in [-0.25, -0.2) is 0 Å². The average Bonchev–Trinajstić information content (AvgIpc) is 1.86. The number of rotatable bonds is 5. The second kappa shape index (κ2) is 5.30. The first-order chi connectivity index (χ1) is 4.70. The highest BCUT2D eigenvalue weighted by atomic mass is 16.3. The molecule has 0 aliphatic carbocycles. The number of nitrogens with one attached hydrogen (secondary N) is 1. The summed E-state index contributed by atoms with van der Waals surface area (Å²) in [7, 11) is 0. The first-order valence-electron chi connectivity index (χ1n) is 3.68. The van der Waals surface area contributed by atoms with E-state index in [0.717, 1.165) is 6.42 Å². The highest BCUT2D eigenvalue weighted by molar-refractivity contribution is 4.74. The number of hydrogen-bond acceptors (Lipinski definition) is 2. The Hall–Kier alpha value is -0.500. The predicted molar refractivity (Wildman–Crippen MR) is 43.7 cm³/mol. The van der Waals surface area contributed by atoms with Crippen molar-refractivity contribution in [3.8, 4) is 0 Å². The molecule has 0 aromatic heterocycles. The maximum Gasteiger partial charge on any atom is 0.0632 e. The molecule has 0 aliphatic heterocycles. The largest absolute Gasteiger partial charge is 0.394 e. The van der Waals surface area contributed by atoms with Crippen molar-refractivity contribution < 1.29 is 5.11 Å². The molecule has 2 nitrogen and oxygen atoms in total. The molecule has 0 aliphatic rings. The zero-order chi connectivity index (χ0) is 7.98. The van der Waals surface area contributed by atoms with Crippen molar-refractivity contribution in [2.45, 2.75) is 26.3 Å². The van der Waals surface area contributed by atoms with Crippen LogP contribution in [0.5, 0.6) is 0 Å². The van der Waals surface area contributed by atoms with Gasteiger partial charge in [0.15, 0.2) is 0 Å². The average molecular weight is 143 g/mol. The molecule has 0 rings (SSSR count). The minimum absolute atomic E-state index is 0.178. The van der Waals surface area contributed by atoms with Crippen LogP contribution in [0.3, 0.4) is 0 Å². The normalized spacial score (nSPS) is 13.2. The second-order valence-electron chi connectivity index (χ2n) is 2.88. The van der Waals surface area contributed by atoms with Crippen molar-refractivity contribution in [2.75, 3.05) is 6.61 Å². The molecule has 0 spiro atoms. The first-order valence-corrected chi connectivity index (χ1v) is 3.68. The Morgan fingerprint density at radius 1 is 1.60 bits per heavy atom. The van der Waals surface area contributed by atoms with E-state index in [2.05, 4.69) is 25.7 Å². The van der Waals surface area contributed by atoms with Gasteiger partial charge in [0.05, 0.1) is 6.61 Å². The third-order valence-corrected chi connectivity index (χ3v) is 1.33. The van der Waals surface area contributed by atoms with Crippen LogP contribution in [0.4, 0.5) is 0 Å². The van der Waals surface area contributed by atoms with Crippen LogP contribution in [0, 0.1) is 5.92 Å². The van der Waals surface area contributed by atoms with Crippen molar-refractivity contribution in [2.24, 2.45) is 5.92 Å². The lowest BCUT2D eigenvalue weighted by atomic mass is 10.0. The molecule has 60 valence electrons. The fraction of sp³-hybridized carbons (Fsp3) is 0.750. The van der Waals surface area contributed by atoms with Crippen LogP contribution in [0.2, 0.25) is 0 Å². The van der Waals surface area contributed by atoms with Gasteiger partial charge in [-0.05, 0) is 18.5 Å². The molecule has 0 aromatic carbocycles. The molecule has 0 fully saturated rings. The van der Waals surface area contributed by atoms with E-state index in [4.69, 9.17) is 5.11 Å². The summed E-state index contributed by atoms with van der Waals surface area (Å²) in [5.74, 6) is 0.615. The maximum atomic E-state index is 8.80. The van der Waals surface area contributed by atoms with Gasteiger partial charge in [0.2, 0.25) is 0 Å². The van der Waals surface area contributed by atoms with E-state index in [1.54, 1.807) is 6.20 Å². The molecule has 0 saturated carbocycles. The summed E-state index contributed by atoms with van der Waals surface area (Å²) < 4.78 is 0. The van der Waals surface area contributed by atoms with E-state index in [1.165, 1.54) is 0 Å². The topological polar surface area (TPSA) is 32.3 Å². The highest BCUT2D eigenvalue weighted by Gasteiger charge is 2.05. The molecule has 10 heavy (non-hydrogen) atoms. The monoisotopic (exact) mass is 143 g/mol. The maximum absolute atomic E-state index is 8.80. The molecule has 2 N–H and O–H groups in total. The van der Waals surface area contributed by atoms with Gasteiger partial charge >= 0.3 is 0 Å². The number of aliphatic hydroxyl groups excluding tert-OH is 1. The van der Waals surface area contributed by atoms with Gasteiger partial charge in [-0.15, -0.1) is 0 Å². The van der Waals surface area contributed by atoms with E-state index in [1.807, 2.05) is 0 Å². The van der Waals surface area contributed by atoms with Crippen LogP contribution in [0.25, 0.3) is 0 Å². The Bertz CT molecular complexity index is 91.3. The SMILES string of the molecule is C=CN[C@@H](CO)CC(C)C. The fourth-order valence-electron chi connectivity index (χ4n) is 0.931. The number of hydrogen-bond donors (Lipinski definition) is 2. The van der Waals surface area contributed by atoms with E-state index < -0.39 is 0 Å². The zero-order valence-corrected chi connectivity index (χ0v) is 6.80.